The van der Waals surface area contributed by atoms with E-state index in [1.165, 1.54) is 0 Å². The van der Waals surface area contributed by atoms with E-state index >= 15 is 0 Å². The van der Waals surface area contributed by atoms with Gasteiger partial charge in [-0.3, -0.25) is 0 Å². The zero-order chi connectivity index (χ0) is 13.3. The van der Waals surface area contributed by atoms with Crippen LogP contribution in [0.4, 0.5) is 5.69 Å². The highest BCUT2D eigenvalue weighted by Gasteiger charge is 2.27. The standard InChI is InChI=1S/C13H17BrN2O2/c1-15(2)9-6-7-16(8-9)11-5-3-4-10(14)12(11)13(17)18/h3-5,9H,6-8H2,1-2H3,(H,17,18). The zero-order valence-electron chi connectivity index (χ0n) is 10.6. The lowest BCUT2D eigenvalue weighted by Gasteiger charge is -2.23. The van der Waals surface area contributed by atoms with Crippen LogP contribution in [-0.4, -0.2) is 49.2 Å². The van der Waals surface area contributed by atoms with E-state index in [4.69, 9.17) is 0 Å². The van der Waals surface area contributed by atoms with Gasteiger partial charge in [0, 0.05) is 23.6 Å². The number of likely N-dealkylation sites (N-methyl/N-ethyl adjacent to an activating group) is 1. The molecule has 0 radical (unpaired) electrons. The van der Waals surface area contributed by atoms with Crippen molar-refractivity contribution in [1.82, 2.24) is 4.90 Å². The Morgan fingerprint density at radius 3 is 2.78 bits per heavy atom. The molecule has 0 bridgehead atoms. The van der Waals surface area contributed by atoms with Gasteiger partial charge >= 0.3 is 5.97 Å². The van der Waals surface area contributed by atoms with Gasteiger partial charge in [-0.15, -0.1) is 0 Å². The van der Waals surface area contributed by atoms with Gasteiger partial charge in [0.25, 0.3) is 0 Å². The molecule has 1 atom stereocenters. The Labute approximate surface area is 115 Å². The SMILES string of the molecule is CN(C)C1CCN(c2cccc(Br)c2C(=O)O)C1. The summed E-state index contributed by atoms with van der Waals surface area (Å²) in [4.78, 5) is 15.7. The molecule has 0 aromatic heterocycles. The van der Waals surface area contributed by atoms with E-state index in [1.807, 2.05) is 12.1 Å². The molecule has 1 fully saturated rings. The molecule has 1 saturated heterocycles. The van der Waals surface area contributed by atoms with Crippen molar-refractivity contribution >= 4 is 27.6 Å². The summed E-state index contributed by atoms with van der Waals surface area (Å²) in [6.45, 7) is 1.78. The Morgan fingerprint density at radius 1 is 1.50 bits per heavy atom. The molecular formula is C13H17BrN2O2. The number of aromatic carboxylic acids is 1. The van der Waals surface area contributed by atoms with Crippen LogP contribution in [0, 0.1) is 0 Å². The third-order valence-electron chi connectivity index (χ3n) is 3.44. The fourth-order valence-electron chi connectivity index (χ4n) is 2.37. The van der Waals surface area contributed by atoms with Gasteiger partial charge in [-0.05, 0) is 48.6 Å². The van der Waals surface area contributed by atoms with E-state index < -0.39 is 5.97 Å². The minimum absolute atomic E-state index is 0.358. The summed E-state index contributed by atoms with van der Waals surface area (Å²) in [6.07, 6.45) is 1.07. The average molecular weight is 313 g/mol. The number of carboxylic acids is 1. The summed E-state index contributed by atoms with van der Waals surface area (Å²) in [5.74, 6) is -0.884. The Hall–Kier alpha value is -1.07. The molecule has 1 aromatic rings. The summed E-state index contributed by atoms with van der Waals surface area (Å²) in [5, 5.41) is 9.31. The molecule has 1 heterocycles. The quantitative estimate of drug-likeness (QED) is 0.930. The number of carbonyl (C=O) groups is 1. The first-order valence-electron chi connectivity index (χ1n) is 5.94. The number of anilines is 1. The second-order valence-corrected chi connectivity index (χ2v) is 5.65. The van der Waals surface area contributed by atoms with Crippen LogP contribution in [0.1, 0.15) is 16.8 Å². The van der Waals surface area contributed by atoms with E-state index in [-0.39, 0.29) is 0 Å². The van der Waals surface area contributed by atoms with E-state index in [1.54, 1.807) is 6.07 Å². The van der Waals surface area contributed by atoms with E-state index in [0.29, 0.717) is 16.1 Å². The first kappa shape index (κ1) is 13.4. The fraction of sp³-hybridized carbons (Fsp3) is 0.462. The molecule has 0 saturated carbocycles. The van der Waals surface area contributed by atoms with Crippen molar-refractivity contribution in [2.45, 2.75) is 12.5 Å². The summed E-state index contributed by atoms with van der Waals surface area (Å²) in [5.41, 5.74) is 1.16. The zero-order valence-corrected chi connectivity index (χ0v) is 12.1. The van der Waals surface area contributed by atoms with Gasteiger partial charge < -0.3 is 14.9 Å². The first-order valence-corrected chi connectivity index (χ1v) is 6.73. The largest absolute Gasteiger partial charge is 0.478 e. The van der Waals surface area contributed by atoms with Gasteiger partial charge in [-0.1, -0.05) is 6.07 Å². The molecule has 4 nitrogen and oxygen atoms in total. The van der Waals surface area contributed by atoms with Crippen LogP contribution in [0.3, 0.4) is 0 Å². The Morgan fingerprint density at radius 2 is 2.22 bits per heavy atom. The molecular weight excluding hydrogens is 296 g/mol. The maximum atomic E-state index is 11.3. The third-order valence-corrected chi connectivity index (χ3v) is 4.10. The second-order valence-electron chi connectivity index (χ2n) is 4.79. The van der Waals surface area contributed by atoms with Gasteiger partial charge in [-0.25, -0.2) is 4.79 Å². The minimum Gasteiger partial charge on any atom is -0.478 e. The van der Waals surface area contributed by atoms with Crippen molar-refractivity contribution in [3.8, 4) is 0 Å². The predicted octanol–water partition coefficient (Wildman–Crippen LogP) is 2.29. The van der Waals surface area contributed by atoms with Crippen LogP contribution in [-0.2, 0) is 0 Å². The number of carboxylic acid groups (broad SMARTS) is 1. The molecule has 18 heavy (non-hydrogen) atoms. The highest BCUT2D eigenvalue weighted by Crippen LogP contribution is 2.30. The van der Waals surface area contributed by atoms with Crippen LogP contribution >= 0.6 is 15.9 Å². The predicted molar refractivity (Wildman–Crippen MR) is 75.4 cm³/mol. The Balaban J connectivity index is 2.30. The van der Waals surface area contributed by atoms with Gasteiger partial charge in [0.05, 0.1) is 11.3 Å². The van der Waals surface area contributed by atoms with Crippen LogP contribution < -0.4 is 4.90 Å². The van der Waals surface area contributed by atoms with Gasteiger partial charge in [0.1, 0.15) is 0 Å². The summed E-state index contributed by atoms with van der Waals surface area (Å²) in [7, 11) is 4.13. The topological polar surface area (TPSA) is 43.8 Å². The minimum atomic E-state index is -0.884. The molecule has 1 N–H and O–H groups in total. The molecule has 98 valence electrons. The van der Waals surface area contributed by atoms with Crippen LogP contribution in [0.15, 0.2) is 22.7 Å². The van der Waals surface area contributed by atoms with Gasteiger partial charge in [0.2, 0.25) is 0 Å². The molecule has 0 aliphatic carbocycles. The van der Waals surface area contributed by atoms with Crippen LogP contribution in [0.2, 0.25) is 0 Å². The van der Waals surface area contributed by atoms with Crippen molar-refractivity contribution in [3.63, 3.8) is 0 Å². The van der Waals surface area contributed by atoms with Crippen molar-refractivity contribution in [2.75, 3.05) is 32.1 Å². The van der Waals surface area contributed by atoms with Crippen molar-refractivity contribution in [2.24, 2.45) is 0 Å². The number of hydrogen-bond acceptors (Lipinski definition) is 3. The highest BCUT2D eigenvalue weighted by molar-refractivity contribution is 9.10. The van der Waals surface area contributed by atoms with Crippen LogP contribution in [0.5, 0.6) is 0 Å². The normalized spacial score (nSPS) is 19.6. The number of benzene rings is 1. The lowest BCUT2D eigenvalue weighted by atomic mass is 10.1. The number of rotatable bonds is 3. The van der Waals surface area contributed by atoms with Crippen molar-refractivity contribution in [3.05, 3.63) is 28.2 Å². The molecule has 0 amide bonds. The highest BCUT2D eigenvalue weighted by atomic mass is 79.9. The Bertz CT molecular complexity index is 462. The van der Waals surface area contributed by atoms with Gasteiger partial charge in [-0.2, -0.15) is 0 Å². The number of halogens is 1. The lowest BCUT2D eigenvalue weighted by Crippen LogP contribution is -2.32. The Kier molecular flexibility index (Phi) is 3.92. The van der Waals surface area contributed by atoms with E-state index in [9.17, 15) is 9.90 Å². The lowest BCUT2D eigenvalue weighted by molar-refractivity contribution is 0.0696. The molecule has 5 heteroatoms. The third kappa shape index (κ3) is 2.52. The molecule has 0 spiro atoms. The smallest absolute Gasteiger partial charge is 0.338 e. The molecule has 1 unspecified atom stereocenters. The first-order chi connectivity index (χ1) is 8.50. The van der Waals surface area contributed by atoms with E-state index in [0.717, 1.165) is 25.2 Å². The van der Waals surface area contributed by atoms with Crippen molar-refractivity contribution < 1.29 is 9.90 Å². The molecule has 1 aromatic carbocycles. The molecule has 2 rings (SSSR count). The van der Waals surface area contributed by atoms with E-state index in [2.05, 4.69) is 39.8 Å². The van der Waals surface area contributed by atoms with Gasteiger partial charge in [0.15, 0.2) is 0 Å². The number of nitrogens with zero attached hydrogens (tertiary/aromatic N) is 2. The fourth-order valence-corrected chi connectivity index (χ4v) is 2.90. The summed E-state index contributed by atoms with van der Waals surface area (Å²) >= 11 is 3.32. The molecule has 1 aliphatic rings. The molecule has 1 aliphatic heterocycles. The summed E-state index contributed by atoms with van der Waals surface area (Å²) in [6, 6.07) is 6.03. The number of hydrogen-bond donors (Lipinski definition) is 1. The monoisotopic (exact) mass is 312 g/mol. The average Bonchev–Trinajstić information content (AvgIpc) is 2.77. The second kappa shape index (κ2) is 5.28. The maximum absolute atomic E-state index is 11.3. The van der Waals surface area contributed by atoms with Crippen molar-refractivity contribution in [1.29, 1.82) is 0 Å². The summed E-state index contributed by atoms with van der Waals surface area (Å²) < 4.78 is 0.640. The van der Waals surface area contributed by atoms with Crippen LogP contribution in [0.25, 0.3) is 0 Å². The maximum Gasteiger partial charge on any atom is 0.338 e.